The van der Waals surface area contributed by atoms with E-state index in [1.54, 1.807) is 6.92 Å². The van der Waals surface area contributed by atoms with Crippen molar-refractivity contribution in [2.75, 3.05) is 26.2 Å². The highest BCUT2D eigenvalue weighted by Crippen LogP contribution is 2.22. The molecule has 6 nitrogen and oxygen atoms in total. The first-order chi connectivity index (χ1) is 9.51. The number of carboxylic acid groups (broad SMARTS) is 1. The number of carbonyl (C=O) groups is 2. The summed E-state index contributed by atoms with van der Waals surface area (Å²) in [6, 6.07) is 0. The van der Waals surface area contributed by atoms with Gasteiger partial charge in [-0.25, -0.2) is 9.78 Å². The van der Waals surface area contributed by atoms with Crippen molar-refractivity contribution in [1.29, 1.82) is 0 Å². The average Bonchev–Trinajstić information content (AvgIpc) is 2.82. The first kappa shape index (κ1) is 14.9. The number of hydrogen-bond donors (Lipinski definition) is 1. The number of aromatic carboxylic acids is 1. The normalized spacial score (nSPS) is 16.4. The Morgan fingerprint density at radius 1 is 1.30 bits per heavy atom. The van der Waals surface area contributed by atoms with Crippen molar-refractivity contribution in [1.82, 2.24) is 14.8 Å². The Balaban J connectivity index is 2.02. The molecule has 0 aromatic carbocycles. The SMILES string of the molecule is CCc1nc(C(=O)O)c(CN2CCN(C(C)=O)CC2)s1. The summed E-state index contributed by atoms with van der Waals surface area (Å²) in [6.07, 6.45) is 0.753. The van der Waals surface area contributed by atoms with E-state index in [0.29, 0.717) is 19.6 Å². The standard InChI is InChI=1S/C13H19N3O3S/c1-3-11-14-12(13(18)19)10(20-11)8-15-4-6-16(7-5-15)9(2)17/h3-8H2,1-2H3,(H,18,19). The fraction of sp³-hybridized carbons (Fsp3) is 0.615. The van der Waals surface area contributed by atoms with E-state index in [1.165, 1.54) is 11.3 Å². The van der Waals surface area contributed by atoms with Crippen molar-refractivity contribution in [2.24, 2.45) is 0 Å². The van der Waals surface area contributed by atoms with Gasteiger partial charge in [-0.1, -0.05) is 6.92 Å². The highest BCUT2D eigenvalue weighted by molar-refractivity contribution is 7.11. The van der Waals surface area contributed by atoms with Crippen LogP contribution in [0.1, 0.15) is 34.2 Å². The van der Waals surface area contributed by atoms with Crippen molar-refractivity contribution in [2.45, 2.75) is 26.8 Å². The molecule has 2 heterocycles. The number of nitrogens with zero attached hydrogens (tertiary/aromatic N) is 3. The van der Waals surface area contributed by atoms with Crippen LogP contribution in [0.25, 0.3) is 0 Å². The summed E-state index contributed by atoms with van der Waals surface area (Å²) >= 11 is 1.47. The molecule has 110 valence electrons. The number of aromatic nitrogens is 1. The minimum absolute atomic E-state index is 0.0990. The molecule has 1 aliphatic rings. The maximum atomic E-state index is 11.3. The van der Waals surface area contributed by atoms with Gasteiger partial charge in [-0.15, -0.1) is 11.3 Å². The lowest BCUT2D eigenvalue weighted by atomic mass is 10.2. The summed E-state index contributed by atoms with van der Waals surface area (Å²) in [5, 5.41) is 10.1. The molecular formula is C13H19N3O3S. The Morgan fingerprint density at radius 2 is 1.95 bits per heavy atom. The molecule has 1 amide bonds. The van der Waals surface area contributed by atoms with Gasteiger partial charge < -0.3 is 10.0 Å². The Labute approximate surface area is 122 Å². The molecule has 0 saturated carbocycles. The first-order valence-corrected chi connectivity index (χ1v) is 7.52. The molecule has 0 bridgehead atoms. The zero-order chi connectivity index (χ0) is 14.7. The molecule has 1 aromatic heterocycles. The fourth-order valence-corrected chi connectivity index (χ4v) is 3.29. The Morgan fingerprint density at radius 3 is 2.45 bits per heavy atom. The van der Waals surface area contributed by atoms with Gasteiger partial charge in [-0.3, -0.25) is 9.69 Å². The zero-order valence-electron chi connectivity index (χ0n) is 11.8. The van der Waals surface area contributed by atoms with Crippen LogP contribution >= 0.6 is 11.3 Å². The highest BCUT2D eigenvalue weighted by Gasteiger charge is 2.22. The van der Waals surface area contributed by atoms with Crippen LogP contribution in [0.3, 0.4) is 0 Å². The summed E-state index contributed by atoms with van der Waals surface area (Å²) in [5.41, 5.74) is 0.181. The van der Waals surface area contributed by atoms with Crippen LogP contribution in [0.4, 0.5) is 0 Å². The zero-order valence-corrected chi connectivity index (χ0v) is 12.6. The van der Waals surface area contributed by atoms with E-state index in [1.807, 2.05) is 11.8 Å². The van der Waals surface area contributed by atoms with Gasteiger partial charge in [0.2, 0.25) is 5.91 Å². The number of thiazole rings is 1. The summed E-state index contributed by atoms with van der Waals surface area (Å²) in [7, 11) is 0. The average molecular weight is 297 g/mol. The fourth-order valence-electron chi connectivity index (χ4n) is 2.25. The molecule has 1 fully saturated rings. The van der Waals surface area contributed by atoms with Crippen LogP contribution in [0, 0.1) is 0 Å². The second-order valence-electron chi connectivity index (χ2n) is 4.82. The molecule has 2 rings (SSSR count). The number of carbonyl (C=O) groups excluding carboxylic acids is 1. The number of amides is 1. The van der Waals surface area contributed by atoms with E-state index >= 15 is 0 Å². The molecule has 7 heteroatoms. The molecule has 1 saturated heterocycles. The first-order valence-electron chi connectivity index (χ1n) is 6.71. The van der Waals surface area contributed by atoms with Gasteiger partial charge in [-0.2, -0.15) is 0 Å². The Kier molecular flexibility index (Phi) is 4.72. The van der Waals surface area contributed by atoms with E-state index in [4.69, 9.17) is 0 Å². The lowest BCUT2D eigenvalue weighted by molar-refractivity contribution is -0.130. The van der Waals surface area contributed by atoms with Crippen molar-refractivity contribution >= 4 is 23.2 Å². The molecule has 0 spiro atoms. The van der Waals surface area contributed by atoms with Crippen molar-refractivity contribution < 1.29 is 14.7 Å². The van der Waals surface area contributed by atoms with Gasteiger partial charge in [0.25, 0.3) is 0 Å². The summed E-state index contributed by atoms with van der Waals surface area (Å²) in [5.74, 6) is -0.861. The van der Waals surface area contributed by atoms with Gasteiger partial charge in [0, 0.05) is 39.6 Å². The van der Waals surface area contributed by atoms with Crippen LogP contribution in [0.2, 0.25) is 0 Å². The quantitative estimate of drug-likeness (QED) is 0.900. The summed E-state index contributed by atoms with van der Waals surface area (Å²) in [6.45, 7) is 7.12. The summed E-state index contributed by atoms with van der Waals surface area (Å²) in [4.78, 5) is 31.5. The molecule has 20 heavy (non-hydrogen) atoms. The number of piperazine rings is 1. The maximum absolute atomic E-state index is 11.3. The van der Waals surface area contributed by atoms with Gasteiger partial charge in [0.15, 0.2) is 5.69 Å². The number of aryl methyl sites for hydroxylation is 1. The molecule has 1 aromatic rings. The molecule has 1 aliphatic heterocycles. The molecule has 0 unspecified atom stereocenters. The van der Waals surface area contributed by atoms with Crippen molar-refractivity contribution in [3.63, 3.8) is 0 Å². The minimum Gasteiger partial charge on any atom is -0.476 e. The molecule has 0 radical (unpaired) electrons. The minimum atomic E-state index is -0.960. The predicted molar refractivity (Wildman–Crippen MR) is 76.0 cm³/mol. The molecular weight excluding hydrogens is 278 g/mol. The second kappa shape index (κ2) is 6.32. The van der Waals surface area contributed by atoms with Crippen LogP contribution in [-0.4, -0.2) is 57.9 Å². The van der Waals surface area contributed by atoms with E-state index in [9.17, 15) is 14.7 Å². The third kappa shape index (κ3) is 3.34. The maximum Gasteiger partial charge on any atom is 0.355 e. The summed E-state index contributed by atoms with van der Waals surface area (Å²) < 4.78 is 0. The van der Waals surface area contributed by atoms with E-state index in [2.05, 4.69) is 9.88 Å². The topological polar surface area (TPSA) is 73.7 Å². The third-order valence-corrected chi connectivity index (χ3v) is 4.62. The molecule has 0 aliphatic carbocycles. The van der Waals surface area contributed by atoms with Crippen LogP contribution in [-0.2, 0) is 17.8 Å². The second-order valence-corrected chi connectivity index (χ2v) is 5.99. The van der Waals surface area contributed by atoms with Gasteiger partial charge in [-0.05, 0) is 6.42 Å². The smallest absolute Gasteiger partial charge is 0.355 e. The lowest BCUT2D eigenvalue weighted by Crippen LogP contribution is -2.47. The van der Waals surface area contributed by atoms with Crippen LogP contribution in [0.5, 0.6) is 0 Å². The van der Waals surface area contributed by atoms with Crippen molar-refractivity contribution in [3.8, 4) is 0 Å². The highest BCUT2D eigenvalue weighted by atomic mass is 32.1. The monoisotopic (exact) mass is 297 g/mol. The largest absolute Gasteiger partial charge is 0.476 e. The molecule has 1 N–H and O–H groups in total. The van der Waals surface area contributed by atoms with Crippen LogP contribution < -0.4 is 0 Å². The number of hydrogen-bond acceptors (Lipinski definition) is 5. The van der Waals surface area contributed by atoms with Gasteiger partial charge in [0.05, 0.1) is 9.88 Å². The van der Waals surface area contributed by atoms with E-state index < -0.39 is 5.97 Å². The van der Waals surface area contributed by atoms with E-state index in [-0.39, 0.29) is 11.6 Å². The van der Waals surface area contributed by atoms with Gasteiger partial charge in [0.1, 0.15) is 0 Å². The Hall–Kier alpha value is -1.47. The van der Waals surface area contributed by atoms with Gasteiger partial charge >= 0.3 is 5.97 Å². The van der Waals surface area contributed by atoms with E-state index in [0.717, 1.165) is 29.4 Å². The third-order valence-electron chi connectivity index (χ3n) is 3.43. The van der Waals surface area contributed by atoms with Crippen molar-refractivity contribution in [3.05, 3.63) is 15.6 Å². The Bertz CT molecular complexity index is 507. The van der Waals surface area contributed by atoms with Crippen LogP contribution in [0.15, 0.2) is 0 Å². The predicted octanol–water partition coefficient (Wildman–Crippen LogP) is 1.07. The lowest BCUT2D eigenvalue weighted by Gasteiger charge is -2.33. The number of carboxylic acids is 1. The molecule has 0 atom stereocenters. The number of rotatable bonds is 4.